The van der Waals surface area contributed by atoms with Crippen molar-refractivity contribution in [2.75, 3.05) is 6.61 Å². The van der Waals surface area contributed by atoms with Crippen LogP contribution >= 0.6 is 39.1 Å². The highest BCUT2D eigenvalue weighted by atomic mass is 79.9. The molecule has 0 saturated heterocycles. The summed E-state index contributed by atoms with van der Waals surface area (Å²) < 4.78 is 6.86. The Balaban J connectivity index is 1.63. The summed E-state index contributed by atoms with van der Waals surface area (Å²) in [5.74, 6) is 0.116. The van der Waals surface area contributed by atoms with Gasteiger partial charge < -0.3 is 15.0 Å². The van der Waals surface area contributed by atoms with Crippen LogP contribution in [-0.2, 0) is 22.6 Å². The number of amides is 2. The minimum atomic E-state index is -0.746. The molecule has 39 heavy (non-hydrogen) atoms. The smallest absolute Gasteiger partial charge is 0.261 e. The van der Waals surface area contributed by atoms with Crippen LogP contribution in [0.15, 0.2) is 71.2 Å². The predicted octanol–water partition coefficient (Wildman–Crippen LogP) is 7.53. The van der Waals surface area contributed by atoms with Gasteiger partial charge in [-0.25, -0.2) is 0 Å². The summed E-state index contributed by atoms with van der Waals surface area (Å²) in [4.78, 5) is 29.3. The SMILES string of the molecule is Cc1cc(OCC(=O)N(Cc2ccc(Cl)cc2Cl)[C@@H](Cc2ccccc2)C(=O)NC2CCCCC2)ccc1Br. The zero-order valence-electron chi connectivity index (χ0n) is 22.0. The van der Waals surface area contributed by atoms with Gasteiger partial charge in [-0.15, -0.1) is 0 Å². The molecular weight excluding hydrogens is 599 g/mol. The summed E-state index contributed by atoms with van der Waals surface area (Å²) in [5, 5.41) is 4.19. The molecule has 1 atom stereocenters. The molecular formula is C31H33BrCl2N2O3. The number of hydrogen-bond acceptors (Lipinski definition) is 3. The van der Waals surface area contributed by atoms with E-state index in [0.717, 1.165) is 41.3 Å². The molecule has 1 aliphatic carbocycles. The number of aryl methyl sites for hydroxylation is 1. The minimum Gasteiger partial charge on any atom is -0.484 e. The monoisotopic (exact) mass is 630 g/mol. The van der Waals surface area contributed by atoms with E-state index in [9.17, 15) is 9.59 Å². The first kappa shape index (κ1) is 29.4. The molecule has 2 amide bonds. The summed E-state index contributed by atoms with van der Waals surface area (Å²) in [5.41, 5.74) is 2.67. The molecule has 0 unspecified atom stereocenters. The average molecular weight is 632 g/mol. The van der Waals surface area contributed by atoms with Crippen molar-refractivity contribution in [3.05, 3.63) is 97.9 Å². The van der Waals surface area contributed by atoms with Gasteiger partial charge in [0.15, 0.2) is 6.61 Å². The molecule has 3 aromatic rings. The molecule has 1 N–H and O–H groups in total. The van der Waals surface area contributed by atoms with Gasteiger partial charge in [-0.05, 0) is 66.8 Å². The van der Waals surface area contributed by atoms with Crippen molar-refractivity contribution in [1.82, 2.24) is 10.2 Å². The molecule has 8 heteroatoms. The summed E-state index contributed by atoms with van der Waals surface area (Å²) in [6.07, 6.45) is 5.65. The van der Waals surface area contributed by atoms with Crippen molar-refractivity contribution < 1.29 is 14.3 Å². The summed E-state index contributed by atoms with van der Waals surface area (Å²) >= 11 is 16.2. The van der Waals surface area contributed by atoms with Crippen molar-refractivity contribution in [2.45, 2.75) is 64.1 Å². The highest BCUT2D eigenvalue weighted by Gasteiger charge is 2.32. The number of benzene rings is 3. The van der Waals surface area contributed by atoms with Crippen molar-refractivity contribution in [2.24, 2.45) is 0 Å². The molecule has 0 heterocycles. The molecule has 5 nitrogen and oxygen atoms in total. The third-order valence-electron chi connectivity index (χ3n) is 7.07. The second-order valence-electron chi connectivity index (χ2n) is 10.0. The van der Waals surface area contributed by atoms with Crippen LogP contribution in [0.2, 0.25) is 10.0 Å². The van der Waals surface area contributed by atoms with Gasteiger partial charge >= 0.3 is 0 Å². The number of ether oxygens (including phenoxy) is 1. The molecule has 4 rings (SSSR count). The largest absolute Gasteiger partial charge is 0.484 e. The third kappa shape index (κ3) is 8.47. The maximum atomic E-state index is 13.8. The van der Waals surface area contributed by atoms with E-state index in [2.05, 4.69) is 21.2 Å². The first-order chi connectivity index (χ1) is 18.8. The van der Waals surface area contributed by atoms with E-state index in [1.807, 2.05) is 55.5 Å². The van der Waals surface area contributed by atoms with E-state index in [-0.39, 0.29) is 31.0 Å². The number of rotatable bonds is 10. The number of hydrogen-bond donors (Lipinski definition) is 1. The lowest BCUT2D eigenvalue weighted by Gasteiger charge is -2.33. The van der Waals surface area contributed by atoms with Crippen molar-refractivity contribution in [3.63, 3.8) is 0 Å². The van der Waals surface area contributed by atoms with Crippen LogP contribution in [-0.4, -0.2) is 35.4 Å². The zero-order valence-corrected chi connectivity index (χ0v) is 25.1. The fourth-order valence-corrected chi connectivity index (χ4v) is 5.58. The number of nitrogens with zero attached hydrogens (tertiary/aromatic N) is 1. The summed E-state index contributed by atoms with van der Waals surface area (Å²) in [6, 6.07) is 19.9. The van der Waals surface area contributed by atoms with Crippen molar-refractivity contribution in [3.8, 4) is 5.75 Å². The lowest BCUT2D eigenvalue weighted by molar-refractivity contribution is -0.143. The molecule has 0 spiro atoms. The summed E-state index contributed by atoms with van der Waals surface area (Å²) in [7, 11) is 0. The first-order valence-corrected chi connectivity index (χ1v) is 14.8. The van der Waals surface area contributed by atoms with Gasteiger partial charge in [-0.1, -0.05) is 94.8 Å². The Bertz CT molecular complexity index is 1280. The van der Waals surface area contributed by atoms with E-state index in [4.69, 9.17) is 27.9 Å². The molecule has 0 aliphatic heterocycles. The van der Waals surface area contributed by atoms with E-state index in [0.29, 0.717) is 27.8 Å². The fraction of sp³-hybridized carbons (Fsp3) is 0.355. The lowest BCUT2D eigenvalue weighted by Crippen LogP contribution is -2.53. The Kier molecular flexibility index (Phi) is 10.7. The molecule has 1 fully saturated rings. The van der Waals surface area contributed by atoms with Crippen LogP contribution in [0.4, 0.5) is 0 Å². The Hall–Kier alpha value is -2.54. The van der Waals surface area contributed by atoms with Gasteiger partial charge in [-0.2, -0.15) is 0 Å². The molecule has 206 valence electrons. The fourth-order valence-electron chi connectivity index (χ4n) is 4.87. The van der Waals surface area contributed by atoms with Gasteiger partial charge in [0.25, 0.3) is 5.91 Å². The van der Waals surface area contributed by atoms with E-state index >= 15 is 0 Å². The van der Waals surface area contributed by atoms with E-state index in [1.54, 1.807) is 23.1 Å². The van der Waals surface area contributed by atoms with Gasteiger partial charge in [0.1, 0.15) is 11.8 Å². The van der Waals surface area contributed by atoms with E-state index in [1.165, 1.54) is 6.42 Å². The van der Waals surface area contributed by atoms with Crippen LogP contribution in [0.1, 0.15) is 48.8 Å². The van der Waals surface area contributed by atoms with Crippen LogP contribution in [0.3, 0.4) is 0 Å². The topological polar surface area (TPSA) is 58.6 Å². The first-order valence-electron chi connectivity index (χ1n) is 13.3. The van der Waals surface area contributed by atoms with Crippen LogP contribution in [0.25, 0.3) is 0 Å². The van der Waals surface area contributed by atoms with Gasteiger partial charge in [0.05, 0.1) is 0 Å². The lowest BCUT2D eigenvalue weighted by atomic mass is 9.94. The minimum absolute atomic E-state index is 0.114. The molecule has 3 aromatic carbocycles. The molecule has 1 aliphatic rings. The Labute approximate surface area is 249 Å². The van der Waals surface area contributed by atoms with Crippen molar-refractivity contribution in [1.29, 1.82) is 0 Å². The van der Waals surface area contributed by atoms with Crippen LogP contribution < -0.4 is 10.1 Å². The highest BCUT2D eigenvalue weighted by Crippen LogP contribution is 2.26. The standard InChI is InChI=1S/C31H33BrCl2N2O3/c1-21-16-26(14-15-27(21)32)39-20-30(37)36(19-23-12-13-24(33)18-28(23)34)29(17-22-8-4-2-5-9-22)31(38)35-25-10-6-3-7-11-25/h2,4-5,8-9,12-16,18,25,29H,3,6-7,10-11,17,19-20H2,1H3,(H,35,38)/t29-/m0/s1. The molecule has 0 radical (unpaired) electrons. The normalized spacial score (nSPS) is 14.5. The predicted molar refractivity (Wildman–Crippen MR) is 160 cm³/mol. The number of carbonyl (C=O) groups excluding carboxylic acids is 2. The molecule has 0 aromatic heterocycles. The molecule has 0 bridgehead atoms. The summed E-state index contributed by atoms with van der Waals surface area (Å²) in [6.45, 7) is 1.89. The number of carbonyl (C=O) groups is 2. The van der Waals surface area contributed by atoms with Gasteiger partial charge in [-0.3, -0.25) is 9.59 Å². The Morgan fingerprint density at radius 3 is 2.46 bits per heavy atom. The average Bonchev–Trinajstić information content (AvgIpc) is 2.93. The Morgan fingerprint density at radius 2 is 1.77 bits per heavy atom. The quantitative estimate of drug-likeness (QED) is 0.252. The maximum absolute atomic E-state index is 13.8. The second-order valence-corrected chi connectivity index (χ2v) is 11.7. The Morgan fingerprint density at radius 1 is 1.03 bits per heavy atom. The van der Waals surface area contributed by atoms with Crippen molar-refractivity contribution >= 4 is 50.9 Å². The third-order valence-corrected chi connectivity index (χ3v) is 8.55. The maximum Gasteiger partial charge on any atom is 0.261 e. The number of halogens is 3. The second kappa shape index (κ2) is 14.2. The highest BCUT2D eigenvalue weighted by molar-refractivity contribution is 9.10. The molecule has 1 saturated carbocycles. The van der Waals surface area contributed by atoms with Crippen LogP contribution in [0.5, 0.6) is 5.75 Å². The van der Waals surface area contributed by atoms with Gasteiger partial charge in [0, 0.05) is 33.5 Å². The van der Waals surface area contributed by atoms with E-state index < -0.39 is 6.04 Å². The van der Waals surface area contributed by atoms with Crippen LogP contribution in [0, 0.1) is 6.92 Å². The number of nitrogens with one attached hydrogen (secondary N) is 1. The van der Waals surface area contributed by atoms with Gasteiger partial charge in [0.2, 0.25) is 5.91 Å². The zero-order chi connectivity index (χ0) is 27.8.